The van der Waals surface area contributed by atoms with Crippen LogP contribution in [0.4, 0.5) is 0 Å². The van der Waals surface area contributed by atoms with E-state index in [2.05, 4.69) is 97.4 Å². The lowest BCUT2D eigenvalue weighted by Crippen LogP contribution is -1.89. The van der Waals surface area contributed by atoms with Crippen molar-refractivity contribution >= 4 is 70.5 Å². The van der Waals surface area contributed by atoms with Gasteiger partial charge in [0.15, 0.2) is 0 Å². The van der Waals surface area contributed by atoms with E-state index in [1.165, 1.54) is 64.0 Å². The first-order valence-electron chi connectivity index (χ1n) is 11.1. The van der Waals surface area contributed by atoms with Crippen LogP contribution >= 0.6 is 22.7 Å². The summed E-state index contributed by atoms with van der Waals surface area (Å²) in [5.41, 5.74) is 5.56. The van der Waals surface area contributed by atoms with Gasteiger partial charge in [-0.15, -0.1) is 22.7 Å². The highest BCUT2D eigenvalue weighted by atomic mass is 32.1. The molecule has 0 saturated heterocycles. The van der Waals surface area contributed by atoms with Gasteiger partial charge in [-0.2, -0.15) is 0 Å². The van der Waals surface area contributed by atoms with Crippen LogP contribution in [0.5, 0.6) is 0 Å². The van der Waals surface area contributed by atoms with Crippen LogP contribution in [0.15, 0.2) is 83.1 Å². The first-order chi connectivity index (χ1) is 15.7. The van der Waals surface area contributed by atoms with Crippen LogP contribution in [0.2, 0.25) is 0 Å². The molecule has 0 nitrogen and oxygen atoms in total. The Morgan fingerprint density at radius 2 is 1.47 bits per heavy atom. The molecule has 32 heavy (non-hydrogen) atoms. The predicted molar refractivity (Wildman–Crippen MR) is 145 cm³/mol. The lowest BCUT2D eigenvalue weighted by atomic mass is 9.95. The van der Waals surface area contributed by atoms with Gasteiger partial charge < -0.3 is 0 Å². The molecule has 0 atom stereocenters. The minimum absolute atomic E-state index is 1.09. The molecule has 6 rings (SSSR count). The van der Waals surface area contributed by atoms with Gasteiger partial charge in [-0.25, -0.2) is 0 Å². The van der Waals surface area contributed by atoms with Crippen molar-refractivity contribution in [1.82, 2.24) is 0 Å². The molecule has 2 heterocycles. The van der Waals surface area contributed by atoms with E-state index in [0.717, 1.165) is 12.8 Å². The van der Waals surface area contributed by atoms with E-state index in [1.807, 2.05) is 22.7 Å². The second kappa shape index (κ2) is 7.88. The number of thiophene rings is 2. The SMILES string of the molecule is C/C(=C\c1ccc2cc3c(ccc4ccsc43)cc2c1C)CCc1ccc2ccsc2c1. The third kappa shape index (κ3) is 3.44. The van der Waals surface area contributed by atoms with Gasteiger partial charge in [-0.05, 0) is 111 Å². The number of benzene rings is 4. The van der Waals surface area contributed by atoms with E-state index in [1.54, 1.807) is 0 Å². The van der Waals surface area contributed by atoms with Crippen LogP contribution in [0, 0.1) is 6.92 Å². The van der Waals surface area contributed by atoms with Crippen LogP contribution in [0.25, 0.3) is 47.8 Å². The highest BCUT2D eigenvalue weighted by molar-refractivity contribution is 7.18. The van der Waals surface area contributed by atoms with Gasteiger partial charge in [-0.1, -0.05) is 48.0 Å². The highest BCUT2D eigenvalue weighted by Crippen LogP contribution is 2.34. The van der Waals surface area contributed by atoms with Crippen molar-refractivity contribution in [2.45, 2.75) is 26.7 Å². The van der Waals surface area contributed by atoms with Crippen molar-refractivity contribution in [1.29, 1.82) is 0 Å². The first-order valence-corrected chi connectivity index (χ1v) is 12.9. The quantitative estimate of drug-likeness (QED) is 0.235. The summed E-state index contributed by atoms with van der Waals surface area (Å²) in [6.07, 6.45) is 4.55. The maximum Gasteiger partial charge on any atom is 0.0421 e. The molecule has 4 aromatic carbocycles. The molecule has 0 N–H and O–H groups in total. The highest BCUT2D eigenvalue weighted by Gasteiger charge is 2.08. The van der Waals surface area contributed by atoms with Gasteiger partial charge in [0, 0.05) is 14.8 Å². The summed E-state index contributed by atoms with van der Waals surface area (Å²) in [6, 6.07) is 25.1. The topological polar surface area (TPSA) is 0 Å². The molecule has 0 aliphatic rings. The molecular weight excluding hydrogens is 424 g/mol. The first kappa shape index (κ1) is 19.7. The zero-order valence-corrected chi connectivity index (χ0v) is 19.9. The zero-order valence-electron chi connectivity index (χ0n) is 18.3. The monoisotopic (exact) mass is 448 g/mol. The molecule has 0 amide bonds. The van der Waals surface area contributed by atoms with E-state index in [0.29, 0.717) is 0 Å². The van der Waals surface area contributed by atoms with Crippen LogP contribution in [-0.2, 0) is 6.42 Å². The molecule has 0 spiro atoms. The average Bonchev–Trinajstić information content (AvgIpc) is 3.48. The van der Waals surface area contributed by atoms with Crippen LogP contribution in [0.3, 0.4) is 0 Å². The van der Waals surface area contributed by atoms with Crippen molar-refractivity contribution in [3.05, 3.63) is 99.8 Å². The minimum Gasteiger partial charge on any atom is -0.144 e. The van der Waals surface area contributed by atoms with E-state index in [4.69, 9.17) is 0 Å². The molecule has 0 aliphatic heterocycles. The Morgan fingerprint density at radius 1 is 0.750 bits per heavy atom. The fourth-order valence-electron chi connectivity index (χ4n) is 4.73. The molecular formula is C30H24S2. The lowest BCUT2D eigenvalue weighted by Gasteiger charge is -2.10. The summed E-state index contributed by atoms with van der Waals surface area (Å²) in [5, 5.41) is 12.4. The standard InChI is InChI=1S/C30H24S2/c1-19(3-4-21-5-6-22-11-13-31-29(22)16-21)15-24-8-10-25-18-28-26(17-27(25)20(24)2)9-7-23-12-14-32-30(23)28/h5-18H,3-4H2,1-2H3/b19-15+. The number of fused-ring (bicyclic) bond motifs is 5. The largest absolute Gasteiger partial charge is 0.144 e. The second-order valence-electron chi connectivity index (χ2n) is 8.76. The van der Waals surface area contributed by atoms with Crippen LogP contribution < -0.4 is 0 Å². The van der Waals surface area contributed by atoms with Crippen LogP contribution in [0.1, 0.15) is 30.0 Å². The van der Waals surface area contributed by atoms with E-state index in [9.17, 15) is 0 Å². The summed E-state index contributed by atoms with van der Waals surface area (Å²) in [6.45, 7) is 4.53. The fourth-order valence-corrected chi connectivity index (χ4v) is 6.51. The fraction of sp³-hybridized carbons (Fsp3) is 0.133. The number of aryl methyl sites for hydroxylation is 2. The van der Waals surface area contributed by atoms with E-state index >= 15 is 0 Å². The molecule has 0 aliphatic carbocycles. The van der Waals surface area contributed by atoms with Gasteiger partial charge in [0.2, 0.25) is 0 Å². The zero-order chi connectivity index (χ0) is 21.7. The van der Waals surface area contributed by atoms with Crippen molar-refractivity contribution in [2.75, 3.05) is 0 Å². The summed E-state index contributed by atoms with van der Waals surface area (Å²) in [7, 11) is 0. The average molecular weight is 449 g/mol. The maximum atomic E-state index is 2.38. The molecule has 0 bridgehead atoms. The Balaban J connectivity index is 1.32. The Kier molecular flexibility index (Phi) is 4.86. The van der Waals surface area contributed by atoms with Gasteiger partial charge in [0.25, 0.3) is 0 Å². The number of rotatable bonds is 4. The summed E-state index contributed by atoms with van der Waals surface area (Å²) >= 11 is 3.67. The Morgan fingerprint density at radius 3 is 2.41 bits per heavy atom. The molecule has 156 valence electrons. The number of hydrogen-bond donors (Lipinski definition) is 0. The maximum absolute atomic E-state index is 2.38. The molecule has 0 unspecified atom stereocenters. The molecule has 2 aromatic heterocycles. The smallest absolute Gasteiger partial charge is 0.0421 e. The summed E-state index contributed by atoms with van der Waals surface area (Å²) in [4.78, 5) is 0. The Labute approximate surface area is 196 Å². The van der Waals surface area contributed by atoms with Crippen molar-refractivity contribution in [3.63, 3.8) is 0 Å². The predicted octanol–water partition coefficient (Wildman–Crippen LogP) is 9.77. The van der Waals surface area contributed by atoms with Crippen molar-refractivity contribution < 1.29 is 0 Å². The Bertz CT molecular complexity index is 1640. The van der Waals surface area contributed by atoms with Gasteiger partial charge in [-0.3, -0.25) is 0 Å². The molecule has 6 aromatic rings. The number of hydrogen-bond acceptors (Lipinski definition) is 2. The summed E-state index contributed by atoms with van der Waals surface area (Å²) < 4.78 is 2.78. The van der Waals surface area contributed by atoms with Crippen molar-refractivity contribution in [2.24, 2.45) is 0 Å². The lowest BCUT2D eigenvalue weighted by molar-refractivity contribution is 0.950. The molecule has 0 saturated carbocycles. The molecule has 0 fully saturated rings. The van der Waals surface area contributed by atoms with Crippen LogP contribution in [-0.4, -0.2) is 0 Å². The van der Waals surface area contributed by atoms with E-state index in [-0.39, 0.29) is 0 Å². The van der Waals surface area contributed by atoms with Crippen molar-refractivity contribution in [3.8, 4) is 0 Å². The Hall–Kier alpha value is -2.94. The van der Waals surface area contributed by atoms with Gasteiger partial charge in [0.05, 0.1) is 0 Å². The van der Waals surface area contributed by atoms with Gasteiger partial charge in [0.1, 0.15) is 0 Å². The summed E-state index contributed by atoms with van der Waals surface area (Å²) in [5.74, 6) is 0. The normalized spacial score (nSPS) is 12.5. The third-order valence-corrected chi connectivity index (χ3v) is 8.46. The minimum atomic E-state index is 1.09. The van der Waals surface area contributed by atoms with Gasteiger partial charge >= 0.3 is 0 Å². The second-order valence-corrected chi connectivity index (χ2v) is 10.6. The third-order valence-electron chi connectivity index (χ3n) is 6.61. The molecule has 2 heteroatoms. The number of allylic oxidation sites excluding steroid dienone is 1. The molecule has 0 radical (unpaired) electrons. The van der Waals surface area contributed by atoms with E-state index < -0.39 is 0 Å².